The average Bonchev–Trinajstić information content (AvgIpc) is 2.53. The van der Waals surface area contributed by atoms with Gasteiger partial charge in [0.2, 0.25) is 0 Å². The van der Waals surface area contributed by atoms with Gasteiger partial charge in [0.1, 0.15) is 11.5 Å². The highest BCUT2D eigenvalue weighted by Gasteiger charge is 2.07. The molecule has 0 aliphatic rings. The Morgan fingerprint density at radius 2 is 1.83 bits per heavy atom. The molecule has 2 aromatic rings. The van der Waals surface area contributed by atoms with E-state index in [-0.39, 0.29) is 18.3 Å². The lowest BCUT2D eigenvalue weighted by Gasteiger charge is -2.09. The minimum absolute atomic E-state index is 0.0225. The monoisotopic (exact) mass is 333 g/mol. The van der Waals surface area contributed by atoms with Gasteiger partial charge in [-0.15, -0.1) is 0 Å². The van der Waals surface area contributed by atoms with Crippen LogP contribution >= 0.6 is 11.6 Å². The molecule has 0 spiro atoms. The van der Waals surface area contributed by atoms with Gasteiger partial charge in [-0.2, -0.15) is 0 Å². The minimum Gasteiger partial charge on any atom is -0.495 e. The average molecular weight is 334 g/mol. The summed E-state index contributed by atoms with van der Waals surface area (Å²) >= 11 is 5.99. The Labute approximate surface area is 139 Å². The van der Waals surface area contributed by atoms with Gasteiger partial charge in [0.05, 0.1) is 12.1 Å². The van der Waals surface area contributed by atoms with Gasteiger partial charge in [-0.05, 0) is 49.4 Å². The quantitative estimate of drug-likeness (QED) is 0.821. The maximum Gasteiger partial charge on any atom is 0.262 e. The third-order valence-corrected chi connectivity index (χ3v) is 3.36. The van der Waals surface area contributed by atoms with Crippen molar-refractivity contribution in [3.8, 4) is 11.5 Å². The van der Waals surface area contributed by atoms with Gasteiger partial charge >= 0.3 is 0 Å². The summed E-state index contributed by atoms with van der Waals surface area (Å²) in [6.45, 7) is 1.34. The van der Waals surface area contributed by atoms with Crippen molar-refractivity contribution < 1.29 is 19.1 Å². The topological polar surface area (TPSA) is 64.6 Å². The molecule has 0 fully saturated rings. The second kappa shape index (κ2) is 7.65. The molecule has 5 nitrogen and oxygen atoms in total. The Bertz CT molecular complexity index is 713. The van der Waals surface area contributed by atoms with Crippen molar-refractivity contribution in [2.24, 2.45) is 0 Å². The molecule has 0 unspecified atom stereocenters. The van der Waals surface area contributed by atoms with Crippen molar-refractivity contribution in [3.63, 3.8) is 0 Å². The third kappa shape index (κ3) is 4.72. The number of hydrogen-bond acceptors (Lipinski definition) is 4. The Morgan fingerprint density at radius 1 is 1.13 bits per heavy atom. The zero-order valence-electron chi connectivity index (χ0n) is 12.8. The number of hydrogen-bond donors (Lipinski definition) is 1. The van der Waals surface area contributed by atoms with Crippen molar-refractivity contribution >= 4 is 29.0 Å². The Hall–Kier alpha value is -2.53. The lowest BCUT2D eigenvalue weighted by molar-refractivity contribution is -0.118. The number of rotatable bonds is 6. The number of ether oxygens (including phenoxy) is 2. The van der Waals surface area contributed by atoms with Crippen LogP contribution in [-0.4, -0.2) is 25.4 Å². The first-order valence-electron chi connectivity index (χ1n) is 6.87. The summed E-state index contributed by atoms with van der Waals surface area (Å²) in [5, 5.41) is 3.08. The molecule has 0 heterocycles. The lowest BCUT2D eigenvalue weighted by Crippen LogP contribution is -2.20. The number of carbonyl (C=O) groups excluding carboxylic acids is 2. The minimum atomic E-state index is -0.318. The maximum absolute atomic E-state index is 11.9. The zero-order valence-corrected chi connectivity index (χ0v) is 13.5. The summed E-state index contributed by atoms with van der Waals surface area (Å²) in [4.78, 5) is 23.0. The fourth-order valence-corrected chi connectivity index (χ4v) is 2.13. The van der Waals surface area contributed by atoms with Crippen molar-refractivity contribution in [3.05, 3.63) is 53.1 Å². The van der Waals surface area contributed by atoms with Crippen LogP contribution in [0.1, 0.15) is 17.3 Å². The summed E-state index contributed by atoms with van der Waals surface area (Å²) in [5.41, 5.74) is 1.14. The molecule has 1 N–H and O–H groups in total. The Morgan fingerprint density at radius 3 is 2.39 bits per heavy atom. The zero-order chi connectivity index (χ0) is 16.8. The number of ketones is 1. The van der Waals surface area contributed by atoms with E-state index in [0.717, 1.165) is 0 Å². The highest BCUT2D eigenvalue weighted by molar-refractivity contribution is 6.32. The summed E-state index contributed by atoms with van der Waals surface area (Å²) in [5.74, 6) is 0.706. The van der Waals surface area contributed by atoms with Gasteiger partial charge < -0.3 is 14.8 Å². The largest absolute Gasteiger partial charge is 0.495 e. The fourth-order valence-electron chi connectivity index (χ4n) is 1.88. The highest BCUT2D eigenvalue weighted by atomic mass is 35.5. The first kappa shape index (κ1) is 16.8. The van der Waals surface area contributed by atoms with Crippen molar-refractivity contribution in [2.45, 2.75) is 6.92 Å². The number of amides is 1. The SMILES string of the molecule is COc1ccc(NC(=O)COc2ccc(C(C)=O)cc2)cc1Cl. The number of methoxy groups -OCH3 is 1. The van der Waals surface area contributed by atoms with E-state index in [1.54, 1.807) is 42.5 Å². The number of anilines is 1. The summed E-state index contributed by atoms with van der Waals surface area (Å²) in [6, 6.07) is 11.5. The number of benzene rings is 2. The highest BCUT2D eigenvalue weighted by Crippen LogP contribution is 2.27. The molecule has 1 amide bonds. The summed E-state index contributed by atoms with van der Waals surface area (Å²) in [7, 11) is 1.52. The predicted molar refractivity (Wildman–Crippen MR) is 88.6 cm³/mol. The van der Waals surface area contributed by atoms with Crippen LogP contribution in [0.3, 0.4) is 0 Å². The van der Waals surface area contributed by atoms with Crippen LogP contribution in [0.15, 0.2) is 42.5 Å². The molecule has 23 heavy (non-hydrogen) atoms. The molecule has 0 radical (unpaired) electrons. The van der Waals surface area contributed by atoms with E-state index in [2.05, 4.69) is 5.32 Å². The van der Waals surface area contributed by atoms with E-state index in [1.807, 2.05) is 0 Å². The smallest absolute Gasteiger partial charge is 0.262 e. The number of nitrogens with one attached hydrogen (secondary N) is 1. The first-order chi connectivity index (χ1) is 11.0. The van der Waals surface area contributed by atoms with Crippen LogP contribution in [0, 0.1) is 0 Å². The van der Waals surface area contributed by atoms with E-state index in [0.29, 0.717) is 27.8 Å². The second-order valence-electron chi connectivity index (χ2n) is 4.77. The molecule has 0 atom stereocenters. The van der Waals surface area contributed by atoms with Crippen molar-refractivity contribution in [1.82, 2.24) is 0 Å². The van der Waals surface area contributed by atoms with E-state index < -0.39 is 0 Å². The standard InChI is InChI=1S/C17H16ClNO4/c1-11(20)12-3-6-14(7-4-12)23-10-17(21)19-13-5-8-16(22-2)15(18)9-13/h3-9H,10H2,1-2H3,(H,19,21). The molecule has 0 aromatic heterocycles. The molecular weight excluding hydrogens is 318 g/mol. The van der Waals surface area contributed by atoms with Gasteiger partial charge in [0.15, 0.2) is 12.4 Å². The van der Waals surface area contributed by atoms with E-state index in [9.17, 15) is 9.59 Å². The second-order valence-corrected chi connectivity index (χ2v) is 5.17. The molecule has 120 valence electrons. The van der Waals surface area contributed by atoms with Crippen LogP contribution in [0.2, 0.25) is 5.02 Å². The number of Topliss-reactive ketones (excluding diaryl/α,β-unsaturated/α-hetero) is 1. The van der Waals surface area contributed by atoms with E-state index >= 15 is 0 Å². The van der Waals surface area contributed by atoms with Crippen molar-refractivity contribution in [1.29, 1.82) is 0 Å². The normalized spacial score (nSPS) is 10.0. The van der Waals surface area contributed by atoms with Crippen LogP contribution in [-0.2, 0) is 4.79 Å². The van der Waals surface area contributed by atoms with E-state index in [4.69, 9.17) is 21.1 Å². The molecule has 2 rings (SSSR count). The Kier molecular flexibility index (Phi) is 5.60. The van der Waals surface area contributed by atoms with Crippen LogP contribution in [0.5, 0.6) is 11.5 Å². The van der Waals surface area contributed by atoms with Gasteiger partial charge in [-0.25, -0.2) is 0 Å². The fraction of sp³-hybridized carbons (Fsp3) is 0.176. The van der Waals surface area contributed by atoms with Gasteiger partial charge in [-0.1, -0.05) is 11.6 Å². The predicted octanol–water partition coefficient (Wildman–Crippen LogP) is 3.57. The molecule has 0 aliphatic heterocycles. The Balaban J connectivity index is 1.89. The van der Waals surface area contributed by atoms with Crippen LogP contribution in [0.25, 0.3) is 0 Å². The lowest BCUT2D eigenvalue weighted by atomic mass is 10.1. The molecule has 0 aliphatic carbocycles. The van der Waals surface area contributed by atoms with Crippen LogP contribution < -0.4 is 14.8 Å². The first-order valence-corrected chi connectivity index (χ1v) is 7.24. The number of halogens is 1. The summed E-state index contributed by atoms with van der Waals surface area (Å²) < 4.78 is 10.4. The van der Waals surface area contributed by atoms with E-state index in [1.165, 1.54) is 14.0 Å². The van der Waals surface area contributed by atoms with Crippen molar-refractivity contribution in [2.75, 3.05) is 19.0 Å². The molecule has 2 aromatic carbocycles. The summed E-state index contributed by atoms with van der Waals surface area (Å²) in [6.07, 6.45) is 0. The molecule has 0 saturated carbocycles. The number of carbonyl (C=O) groups is 2. The van der Waals surface area contributed by atoms with Gasteiger partial charge in [0.25, 0.3) is 5.91 Å². The van der Waals surface area contributed by atoms with Gasteiger partial charge in [-0.3, -0.25) is 9.59 Å². The molecule has 6 heteroatoms. The van der Waals surface area contributed by atoms with Crippen LogP contribution in [0.4, 0.5) is 5.69 Å². The maximum atomic E-state index is 11.9. The third-order valence-electron chi connectivity index (χ3n) is 3.07. The molecular formula is C17H16ClNO4. The molecule has 0 saturated heterocycles. The van der Waals surface area contributed by atoms with Gasteiger partial charge in [0, 0.05) is 11.3 Å². The molecule has 0 bridgehead atoms.